The molecule has 1 aliphatic rings. The predicted octanol–water partition coefficient (Wildman–Crippen LogP) is 2.98. The molecule has 1 fully saturated rings. The van der Waals surface area contributed by atoms with Crippen LogP contribution in [0.25, 0.3) is 0 Å². The van der Waals surface area contributed by atoms with Gasteiger partial charge in [-0.25, -0.2) is 4.79 Å². The Labute approximate surface area is 135 Å². The van der Waals surface area contributed by atoms with Gasteiger partial charge in [-0.2, -0.15) is 0 Å². The lowest BCUT2D eigenvalue weighted by Crippen LogP contribution is -2.37. The maximum Gasteiger partial charge on any atom is 0.374 e. The van der Waals surface area contributed by atoms with Crippen LogP contribution in [0.1, 0.15) is 23.4 Å². The van der Waals surface area contributed by atoms with Crippen molar-refractivity contribution in [1.82, 2.24) is 4.90 Å². The average Bonchev–Trinajstić information content (AvgIpc) is 3.27. The summed E-state index contributed by atoms with van der Waals surface area (Å²) in [5.41, 5.74) is 0. The highest BCUT2D eigenvalue weighted by Gasteiger charge is 2.23. The molecule has 1 aromatic heterocycles. The third-order valence-corrected chi connectivity index (χ3v) is 3.84. The normalized spacial score (nSPS) is 16.2. The summed E-state index contributed by atoms with van der Waals surface area (Å²) in [5, 5.41) is 0. The maximum absolute atomic E-state index is 12.1. The number of para-hydroxylation sites is 1. The van der Waals surface area contributed by atoms with Crippen LogP contribution in [0.4, 0.5) is 0 Å². The van der Waals surface area contributed by atoms with Crippen molar-refractivity contribution in [2.45, 2.75) is 18.9 Å². The molecule has 1 saturated heterocycles. The summed E-state index contributed by atoms with van der Waals surface area (Å²) in [4.78, 5) is 14.4. The number of furan rings is 1. The Morgan fingerprint density at radius 1 is 1.13 bits per heavy atom. The van der Waals surface area contributed by atoms with E-state index in [0.29, 0.717) is 13.2 Å². The molecule has 0 radical (unpaired) electrons. The molecule has 0 saturated carbocycles. The van der Waals surface area contributed by atoms with E-state index < -0.39 is 5.97 Å². The van der Waals surface area contributed by atoms with Crippen molar-refractivity contribution in [3.05, 3.63) is 54.5 Å². The standard InChI is InChI=1S/C18H21NO4/c20-18(17-9-6-12-21-17)23-16(13-19-10-4-5-11-19)14-22-15-7-2-1-3-8-15/h1-3,6-9,12,16H,4-5,10-11,13-14H2/t16-/m1/s1. The smallest absolute Gasteiger partial charge is 0.374 e. The lowest BCUT2D eigenvalue weighted by molar-refractivity contribution is 0.00513. The summed E-state index contributed by atoms with van der Waals surface area (Å²) in [6, 6.07) is 12.8. The fraction of sp³-hybridized carbons (Fsp3) is 0.389. The van der Waals surface area contributed by atoms with Crippen molar-refractivity contribution < 1.29 is 18.7 Å². The molecular weight excluding hydrogens is 294 g/mol. The molecule has 1 atom stereocenters. The van der Waals surface area contributed by atoms with Gasteiger partial charge in [0.25, 0.3) is 0 Å². The van der Waals surface area contributed by atoms with Crippen molar-refractivity contribution in [1.29, 1.82) is 0 Å². The number of hydrogen-bond acceptors (Lipinski definition) is 5. The van der Waals surface area contributed by atoms with Gasteiger partial charge in [-0.3, -0.25) is 4.90 Å². The van der Waals surface area contributed by atoms with Crippen LogP contribution in [0.5, 0.6) is 5.75 Å². The Bertz CT molecular complexity index is 591. The molecule has 0 N–H and O–H groups in total. The van der Waals surface area contributed by atoms with E-state index in [9.17, 15) is 4.79 Å². The van der Waals surface area contributed by atoms with Gasteiger partial charge in [0.1, 0.15) is 18.5 Å². The molecule has 5 nitrogen and oxygen atoms in total. The highest BCUT2D eigenvalue weighted by molar-refractivity contribution is 5.86. The second-order valence-corrected chi connectivity index (χ2v) is 5.64. The molecule has 0 unspecified atom stereocenters. The minimum Gasteiger partial charge on any atom is -0.490 e. The Kier molecular flexibility index (Phi) is 5.32. The van der Waals surface area contributed by atoms with Gasteiger partial charge >= 0.3 is 5.97 Å². The summed E-state index contributed by atoms with van der Waals surface area (Å²) in [6.45, 7) is 3.09. The van der Waals surface area contributed by atoms with Gasteiger partial charge in [-0.1, -0.05) is 18.2 Å². The molecule has 2 aromatic rings. The van der Waals surface area contributed by atoms with E-state index in [1.165, 1.54) is 19.1 Å². The van der Waals surface area contributed by atoms with Gasteiger partial charge in [0, 0.05) is 6.54 Å². The molecule has 0 spiro atoms. The van der Waals surface area contributed by atoms with Gasteiger partial charge in [0.15, 0.2) is 0 Å². The number of carbonyl (C=O) groups excluding carboxylic acids is 1. The summed E-state index contributed by atoms with van der Waals surface area (Å²) < 4.78 is 16.4. The van der Waals surface area contributed by atoms with Gasteiger partial charge in [0.05, 0.1) is 6.26 Å². The highest BCUT2D eigenvalue weighted by atomic mass is 16.6. The lowest BCUT2D eigenvalue weighted by atomic mass is 10.3. The van der Waals surface area contributed by atoms with Crippen LogP contribution in [0.3, 0.4) is 0 Å². The average molecular weight is 315 g/mol. The van der Waals surface area contributed by atoms with Crippen molar-refractivity contribution in [3.63, 3.8) is 0 Å². The van der Waals surface area contributed by atoms with Gasteiger partial charge in [-0.15, -0.1) is 0 Å². The van der Waals surface area contributed by atoms with Crippen molar-refractivity contribution >= 4 is 5.97 Å². The monoisotopic (exact) mass is 315 g/mol. The van der Waals surface area contributed by atoms with Crippen LogP contribution in [-0.2, 0) is 4.74 Å². The zero-order valence-electron chi connectivity index (χ0n) is 13.0. The first kappa shape index (κ1) is 15.6. The van der Waals surface area contributed by atoms with Crippen LogP contribution in [-0.4, -0.2) is 43.2 Å². The van der Waals surface area contributed by atoms with Crippen molar-refractivity contribution in [3.8, 4) is 5.75 Å². The second kappa shape index (κ2) is 7.83. The molecule has 0 bridgehead atoms. The molecule has 5 heteroatoms. The predicted molar refractivity (Wildman–Crippen MR) is 85.5 cm³/mol. The molecule has 1 aromatic carbocycles. The number of likely N-dealkylation sites (tertiary alicyclic amines) is 1. The molecule has 2 heterocycles. The van der Waals surface area contributed by atoms with Gasteiger partial charge in [0.2, 0.25) is 5.76 Å². The lowest BCUT2D eigenvalue weighted by Gasteiger charge is -2.23. The zero-order chi connectivity index (χ0) is 15.9. The first-order valence-electron chi connectivity index (χ1n) is 7.96. The Hall–Kier alpha value is -2.27. The van der Waals surface area contributed by atoms with Gasteiger partial charge < -0.3 is 13.9 Å². The highest BCUT2D eigenvalue weighted by Crippen LogP contribution is 2.14. The molecule has 0 aliphatic carbocycles. The third kappa shape index (κ3) is 4.60. The van der Waals surface area contributed by atoms with E-state index in [0.717, 1.165) is 18.8 Å². The van der Waals surface area contributed by atoms with E-state index >= 15 is 0 Å². The third-order valence-electron chi connectivity index (χ3n) is 3.84. The number of rotatable bonds is 7. The number of carbonyl (C=O) groups is 1. The van der Waals surface area contributed by atoms with Crippen LogP contribution < -0.4 is 4.74 Å². The van der Waals surface area contributed by atoms with E-state index in [4.69, 9.17) is 13.9 Å². The topological polar surface area (TPSA) is 51.9 Å². The fourth-order valence-electron chi connectivity index (χ4n) is 2.69. The summed E-state index contributed by atoms with van der Waals surface area (Å²) in [6.07, 6.45) is 3.52. The minimum atomic E-state index is -0.448. The summed E-state index contributed by atoms with van der Waals surface area (Å²) >= 11 is 0. The number of nitrogens with zero attached hydrogens (tertiary/aromatic N) is 1. The number of benzene rings is 1. The molecule has 0 amide bonds. The van der Waals surface area contributed by atoms with Crippen molar-refractivity contribution in [2.24, 2.45) is 0 Å². The molecular formula is C18H21NO4. The van der Waals surface area contributed by atoms with Crippen LogP contribution in [0.2, 0.25) is 0 Å². The number of hydrogen-bond donors (Lipinski definition) is 0. The fourth-order valence-corrected chi connectivity index (χ4v) is 2.69. The maximum atomic E-state index is 12.1. The largest absolute Gasteiger partial charge is 0.490 e. The van der Waals surface area contributed by atoms with Crippen LogP contribution in [0.15, 0.2) is 53.1 Å². The van der Waals surface area contributed by atoms with Crippen LogP contribution in [0, 0.1) is 0 Å². The first-order chi connectivity index (χ1) is 11.3. The Morgan fingerprint density at radius 3 is 2.61 bits per heavy atom. The van der Waals surface area contributed by atoms with Crippen LogP contribution >= 0.6 is 0 Å². The Morgan fingerprint density at radius 2 is 1.91 bits per heavy atom. The van der Waals surface area contributed by atoms with E-state index in [-0.39, 0.29) is 11.9 Å². The van der Waals surface area contributed by atoms with E-state index in [2.05, 4.69) is 4.90 Å². The molecule has 122 valence electrons. The van der Waals surface area contributed by atoms with E-state index in [1.54, 1.807) is 12.1 Å². The quantitative estimate of drug-likeness (QED) is 0.735. The second-order valence-electron chi connectivity index (χ2n) is 5.64. The molecule has 3 rings (SSSR count). The summed E-state index contributed by atoms with van der Waals surface area (Å²) in [5.74, 6) is 0.542. The van der Waals surface area contributed by atoms with Gasteiger partial charge in [-0.05, 0) is 50.2 Å². The number of esters is 1. The molecule has 1 aliphatic heterocycles. The zero-order valence-corrected chi connectivity index (χ0v) is 13.0. The minimum absolute atomic E-state index is 0.219. The molecule has 23 heavy (non-hydrogen) atoms. The van der Waals surface area contributed by atoms with E-state index in [1.807, 2.05) is 30.3 Å². The first-order valence-corrected chi connectivity index (χ1v) is 7.96. The summed E-state index contributed by atoms with van der Waals surface area (Å²) in [7, 11) is 0. The Balaban J connectivity index is 1.59. The van der Waals surface area contributed by atoms with Crippen molar-refractivity contribution in [2.75, 3.05) is 26.2 Å². The SMILES string of the molecule is O=C(O[C@@H](COc1ccccc1)CN1CCCC1)c1ccco1. The number of ether oxygens (including phenoxy) is 2.